The van der Waals surface area contributed by atoms with Gasteiger partial charge in [0.15, 0.2) is 5.82 Å². The van der Waals surface area contributed by atoms with E-state index in [1.165, 1.54) is 0 Å². The van der Waals surface area contributed by atoms with E-state index in [1.54, 1.807) is 4.68 Å². The molecule has 0 unspecified atom stereocenters. The van der Waals surface area contributed by atoms with Crippen LogP contribution in [-0.2, 0) is 5.41 Å². The van der Waals surface area contributed by atoms with Crippen molar-refractivity contribution < 1.29 is 4.74 Å². The van der Waals surface area contributed by atoms with Crippen molar-refractivity contribution in [1.29, 1.82) is 0 Å². The normalized spacial score (nSPS) is 11.6. The molecule has 0 fully saturated rings. The lowest BCUT2D eigenvalue weighted by atomic mass is 9.96. The van der Waals surface area contributed by atoms with E-state index in [-0.39, 0.29) is 5.41 Å². The molecule has 0 aliphatic heterocycles. The Morgan fingerprint density at radius 3 is 2.72 bits per heavy atom. The van der Waals surface area contributed by atoms with Crippen molar-refractivity contribution in [3.8, 4) is 11.4 Å². The number of ether oxygens (including phenoxy) is 1. The number of aromatic nitrogens is 4. The predicted octanol–water partition coefficient (Wildman–Crippen LogP) is 2.36. The maximum atomic E-state index is 5.49. The van der Waals surface area contributed by atoms with Crippen LogP contribution in [0.5, 0.6) is 5.75 Å². The molecule has 0 saturated heterocycles. The molecule has 0 aliphatic carbocycles. The van der Waals surface area contributed by atoms with Crippen molar-refractivity contribution in [3.05, 3.63) is 30.1 Å². The summed E-state index contributed by atoms with van der Waals surface area (Å²) >= 11 is 0. The molecule has 0 bridgehead atoms. The van der Waals surface area contributed by atoms with Crippen molar-refractivity contribution >= 4 is 0 Å². The minimum Gasteiger partial charge on any atom is -0.494 e. The number of hydrogen-bond donors (Lipinski definition) is 0. The molecule has 0 N–H and O–H groups in total. The highest BCUT2D eigenvalue weighted by molar-refractivity contribution is 5.39. The lowest BCUT2D eigenvalue weighted by Gasteiger charge is -2.17. The molecule has 0 spiro atoms. The monoisotopic (exact) mass is 246 g/mol. The molecule has 0 atom stereocenters. The Hall–Kier alpha value is -1.91. The maximum absolute atomic E-state index is 5.49. The number of tetrazole rings is 1. The minimum atomic E-state index is -0.106. The average molecular weight is 246 g/mol. The lowest BCUT2D eigenvalue weighted by Crippen LogP contribution is -2.18. The summed E-state index contributed by atoms with van der Waals surface area (Å²) in [6.45, 7) is 8.86. The van der Waals surface area contributed by atoms with E-state index in [4.69, 9.17) is 4.74 Å². The van der Waals surface area contributed by atoms with Crippen LogP contribution in [0.2, 0.25) is 0 Å². The molecule has 2 rings (SSSR count). The zero-order chi connectivity index (χ0) is 13.2. The molecule has 0 saturated carbocycles. The van der Waals surface area contributed by atoms with E-state index in [0.29, 0.717) is 6.61 Å². The van der Waals surface area contributed by atoms with Gasteiger partial charge >= 0.3 is 0 Å². The summed E-state index contributed by atoms with van der Waals surface area (Å²) in [5.41, 5.74) is 0.807. The van der Waals surface area contributed by atoms with Crippen molar-refractivity contribution in [3.63, 3.8) is 0 Å². The average Bonchev–Trinajstić information content (AvgIpc) is 2.78. The Kier molecular flexibility index (Phi) is 3.32. The van der Waals surface area contributed by atoms with Gasteiger partial charge in [-0.3, -0.25) is 0 Å². The number of nitrogens with zero attached hydrogens (tertiary/aromatic N) is 4. The summed E-state index contributed by atoms with van der Waals surface area (Å²) in [7, 11) is 0. The first-order valence-electron chi connectivity index (χ1n) is 6.04. The molecule has 1 aromatic carbocycles. The number of benzene rings is 1. The molecule has 2 aromatic rings. The maximum Gasteiger partial charge on any atom is 0.162 e. The molecule has 1 heterocycles. The van der Waals surface area contributed by atoms with E-state index in [0.717, 1.165) is 17.3 Å². The second kappa shape index (κ2) is 4.76. The topological polar surface area (TPSA) is 52.8 Å². The molecular weight excluding hydrogens is 228 g/mol. The van der Waals surface area contributed by atoms with E-state index >= 15 is 0 Å². The van der Waals surface area contributed by atoms with Gasteiger partial charge in [0.2, 0.25) is 0 Å². The molecule has 0 amide bonds. The molecule has 96 valence electrons. The van der Waals surface area contributed by atoms with Crippen molar-refractivity contribution in [1.82, 2.24) is 20.2 Å². The van der Waals surface area contributed by atoms with Gasteiger partial charge in [0, 0.05) is 11.5 Å². The molecule has 0 radical (unpaired) electrons. The smallest absolute Gasteiger partial charge is 0.162 e. The van der Waals surface area contributed by atoms with Gasteiger partial charge < -0.3 is 4.74 Å². The van der Waals surface area contributed by atoms with Crippen molar-refractivity contribution in [2.45, 2.75) is 33.1 Å². The van der Waals surface area contributed by atoms with Gasteiger partial charge in [0.25, 0.3) is 0 Å². The Morgan fingerprint density at radius 2 is 2.06 bits per heavy atom. The van der Waals surface area contributed by atoms with Crippen LogP contribution in [-0.4, -0.2) is 26.8 Å². The lowest BCUT2D eigenvalue weighted by molar-refractivity contribution is 0.340. The van der Waals surface area contributed by atoms with E-state index in [1.807, 2.05) is 31.2 Å². The standard InChI is InChI=1S/C13H18N4O/c1-5-18-11-8-6-7-10(9-11)17-12(13(2,3)4)14-15-16-17/h6-9H,5H2,1-4H3. The first-order valence-corrected chi connectivity index (χ1v) is 6.04. The summed E-state index contributed by atoms with van der Waals surface area (Å²) < 4.78 is 7.24. The number of rotatable bonds is 3. The minimum absolute atomic E-state index is 0.106. The third-order valence-electron chi connectivity index (χ3n) is 2.51. The SMILES string of the molecule is CCOc1cccc(-n2nnnc2C(C)(C)C)c1. The first-order chi connectivity index (χ1) is 8.52. The zero-order valence-electron chi connectivity index (χ0n) is 11.2. The summed E-state index contributed by atoms with van der Waals surface area (Å²) in [5.74, 6) is 1.65. The fourth-order valence-electron chi connectivity index (χ4n) is 1.70. The highest BCUT2D eigenvalue weighted by Crippen LogP contribution is 2.23. The molecule has 1 aromatic heterocycles. The molecule has 5 nitrogen and oxygen atoms in total. The van der Waals surface area contributed by atoms with Crippen molar-refractivity contribution in [2.75, 3.05) is 6.61 Å². The molecule has 18 heavy (non-hydrogen) atoms. The Morgan fingerprint density at radius 1 is 1.28 bits per heavy atom. The second-order valence-electron chi connectivity index (χ2n) is 5.09. The van der Waals surface area contributed by atoms with Crippen LogP contribution >= 0.6 is 0 Å². The van der Waals surface area contributed by atoms with Crippen LogP contribution in [0.3, 0.4) is 0 Å². The van der Waals surface area contributed by atoms with E-state index in [2.05, 4.69) is 36.3 Å². The summed E-state index contributed by atoms with van der Waals surface area (Å²) in [6, 6.07) is 7.77. The Bertz CT molecular complexity index is 528. The Balaban J connectivity index is 2.43. The molecule has 5 heteroatoms. The second-order valence-corrected chi connectivity index (χ2v) is 5.09. The van der Waals surface area contributed by atoms with Crippen LogP contribution < -0.4 is 4.74 Å². The summed E-state index contributed by atoms with van der Waals surface area (Å²) in [4.78, 5) is 0. The highest BCUT2D eigenvalue weighted by Gasteiger charge is 2.22. The largest absolute Gasteiger partial charge is 0.494 e. The molecule has 0 aliphatic rings. The van der Waals surface area contributed by atoms with Crippen LogP contribution in [0, 0.1) is 0 Å². The van der Waals surface area contributed by atoms with Gasteiger partial charge in [0.1, 0.15) is 5.75 Å². The van der Waals surface area contributed by atoms with Crippen LogP contribution in [0.25, 0.3) is 5.69 Å². The van der Waals surface area contributed by atoms with E-state index < -0.39 is 0 Å². The Labute approximate surface area is 107 Å². The third-order valence-corrected chi connectivity index (χ3v) is 2.51. The van der Waals surface area contributed by atoms with Crippen LogP contribution in [0.1, 0.15) is 33.5 Å². The van der Waals surface area contributed by atoms with E-state index in [9.17, 15) is 0 Å². The summed E-state index contributed by atoms with van der Waals surface area (Å²) in [6.07, 6.45) is 0. The van der Waals surface area contributed by atoms with Crippen molar-refractivity contribution in [2.24, 2.45) is 0 Å². The third kappa shape index (κ3) is 2.50. The molecular formula is C13H18N4O. The van der Waals surface area contributed by atoms with Gasteiger partial charge in [-0.25, -0.2) is 0 Å². The quantitative estimate of drug-likeness (QED) is 0.834. The van der Waals surface area contributed by atoms with Crippen LogP contribution in [0.4, 0.5) is 0 Å². The summed E-state index contributed by atoms with van der Waals surface area (Å²) in [5, 5.41) is 11.9. The first kappa shape index (κ1) is 12.5. The van der Waals surface area contributed by atoms with Gasteiger partial charge in [0.05, 0.1) is 12.3 Å². The van der Waals surface area contributed by atoms with Gasteiger partial charge in [-0.05, 0) is 29.5 Å². The van der Waals surface area contributed by atoms with Gasteiger partial charge in [-0.15, -0.1) is 5.10 Å². The highest BCUT2D eigenvalue weighted by atomic mass is 16.5. The number of hydrogen-bond acceptors (Lipinski definition) is 4. The van der Waals surface area contributed by atoms with Gasteiger partial charge in [-0.1, -0.05) is 26.8 Å². The fourth-order valence-corrected chi connectivity index (χ4v) is 1.70. The zero-order valence-corrected chi connectivity index (χ0v) is 11.2. The van der Waals surface area contributed by atoms with Crippen LogP contribution in [0.15, 0.2) is 24.3 Å². The van der Waals surface area contributed by atoms with Gasteiger partial charge in [-0.2, -0.15) is 4.68 Å². The predicted molar refractivity (Wildman–Crippen MR) is 69.0 cm³/mol. The fraction of sp³-hybridized carbons (Fsp3) is 0.462.